The summed E-state index contributed by atoms with van der Waals surface area (Å²) in [6.45, 7) is 2.13. The minimum absolute atomic E-state index is 0.0389. The Morgan fingerprint density at radius 3 is 2.78 bits per heavy atom. The molecule has 0 amide bonds. The van der Waals surface area contributed by atoms with Crippen LogP contribution in [0.5, 0.6) is 0 Å². The Bertz CT molecular complexity index is 811. The van der Waals surface area contributed by atoms with E-state index in [1.807, 2.05) is 6.07 Å². The third-order valence-electron chi connectivity index (χ3n) is 6.03. The second-order valence-corrected chi connectivity index (χ2v) is 7.52. The molecule has 4 atom stereocenters. The van der Waals surface area contributed by atoms with Crippen molar-refractivity contribution in [1.29, 1.82) is 0 Å². The van der Waals surface area contributed by atoms with E-state index in [0.29, 0.717) is 17.7 Å². The Hall–Kier alpha value is -2.40. The topological polar surface area (TPSA) is 61.8 Å². The smallest absolute Gasteiger partial charge is 0.338 e. The standard InChI is InChI=1S/C22H24O5/c1-3-16-10-7-11-17-12-21(13-18(25-2)19(23)22(16,17)27-21)14-26-20(24)15-8-5-4-6-9-15/h4-9,11,13,16-17H,3,10,12,14H2,1-2H3/t16-,17+,21-,22+/m0/s1. The molecule has 5 nitrogen and oxygen atoms in total. The van der Waals surface area contributed by atoms with Gasteiger partial charge in [0.1, 0.15) is 17.8 Å². The Balaban J connectivity index is 1.64. The zero-order valence-electron chi connectivity index (χ0n) is 15.6. The van der Waals surface area contributed by atoms with E-state index in [-0.39, 0.29) is 24.2 Å². The number of carbonyl (C=O) groups is 2. The molecule has 4 rings (SSSR count). The van der Waals surface area contributed by atoms with E-state index < -0.39 is 17.2 Å². The third-order valence-corrected chi connectivity index (χ3v) is 6.03. The van der Waals surface area contributed by atoms with Crippen molar-refractivity contribution in [1.82, 2.24) is 0 Å². The van der Waals surface area contributed by atoms with Crippen molar-refractivity contribution in [3.63, 3.8) is 0 Å². The number of ether oxygens (including phenoxy) is 3. The molecule has 0 unspecified atom stereocenters. The maximum absolute atomic E-state index is 13.2. The summed E-state index contributed by atoms with van der Waals surface area (Å²) in [6, 6.07) is 8.87. The highest BCUT2D eigenvalue weighted by Crippen LogP contribution is 2.56. The molecule has 1 aromatic carbocycles. The van der Waals surface area contributed by atoms with Crippen LogP contribution in [0.15, 0.2) is 54.3 Å². The van der Waals surface area contributed by atoms with Crippen LogP contribution < -0.4 is 0 Å². The number of allylic oxidation sites excluding steroid dienone is 1. The first-order valence-electron chi connectivity index (χ1n) is 9.45. The van der Waals surface area contributed by atoms with Gasteiger partial charge < -0.3 is 14.2 Å². The number of hydrogen-bond donors (Lipinski definition) is 0. The molecule has 5 heteroatoms. The molecule has 27 heavy (non-hydrogen) atoms. The van der Waals surface area contributed by atoms with Gasteiger partial charge in [0.15, 0.2) is 5.76 Å². The molecule has 0 radical (unpaired) electrons. The summed E-state index contributed by atoms with van der Waals surface area (Å²) in [5.74, 6) is -0.125. The monoisotopic (exact) mass is 368 g/mol. The minimum Gasteiger partial charge on any atom is -0.493 e. The molecular weight excluding hydrogens is 344 g/mol. The van der Waals surface area contributed by atoms with Crippen LogP contribution in [0.1, 0.15) is 36.5 Å². The molecule has 2 aliphatic heterocycles. The van der Waals surface area contributed by atoms with Gasteiger partial charge in [-0.25, -0.2) is 4.79 Å². The fraction of sp³-hybridized carbons (Fsp3) is 0.455. The molecule has 3 aliphatic rings. The van der Waals surface area contributed by atoms with Gasteiger partial charge in [-0.2, -0.15) is 0 Å². The third kappa shape index (κ3) is 2.72. The van der Waals surface area contributed by atoms with Gasteiger partial charge in [-0.05, 0) is 43.4 Å². The molecule has 1 aliphatic carbocycles. The Labute approximate surface area is 159 Å². The van der Waals surface area contributed by atoms with Crippen LogP contribution in [-0.2, 0) is 19.0 Å². The zero-order chi connectivity index (χ0) is 19.1. The van der Waals surface area contributed by atoms with Crippen molar-refractivity contribution in [3.8, 4) is 0 Å². The largest absolute Gasteiger partial charge is 0.493 e. The van der Waals surface area contributed by atoms with E-state index in [9.17, 15) is 9.59 Å². The molecule has 1 fully saturated rings. The van der Waals surface area contributed by atoms with Crippen molar-refractivity contribution in [2.75, 3.05) is 13.7 Å². The van der Waals surface area contributed by atoms with Gasteiger partial charge in [-0.3, -0.25) is 4.79 Å². The Morgan fingerprint density at radius 1 is 1.30 bits per heavy atom. The number of hydrogen-bond acceptors (Lipinski definition) is 5. The van der Waals surface area contributed by atoms with Gasteiger partial charge in [0, 0.05) is 5.92 Å². The summed E-state index contributed by atoms with van der Waals surface area (Å²) < 4.78 is 17.5. The van der Waals surface area contributed by atoms with Crippen LogP contribution in [0.25, 0.3) is 0 Å². The first-order valence-corrected chi connectivity index (χ1v) is 9.45. The minimum atomic E-state index is -0.914. The summed E-state index contributed by atoms with van der Waals surface area (Å²) in [7, 11) is 1.50. The van der Waals surface area contributed by atoms with E-state index in [1.165, 1.54) is 7.11 Å². The van der Waals surface area contributed by atoms with Crippen LogP contribution in [0.2, 0.25) is 0 Å². The first-order chi connectivity index (χ1) is 13.0. The van der Waals surface area contributed by atoms with Crippen molar-refractivity contribution in [2.24, 2.45) is 11.8 Å². The average Bonchev–Trinajstić information content (AvgIpc) is 3.01. The summed E-state index contributed by atoms with van der Waals surface area (Å²) in [6.07, 6.45) is 8.16. The highest BCUT2D eigenvalue weighted by Gasteiger charge is 2.66. The molecular formula is C22H24O5. The lowest BCUT2D eigenvalue weighted by Crippen LogP contribution is -2.55. The Kier molecular flexibility index (Phi) is 4.42. The van der Waals surface area contributed by atoms with Gasteiger partial charge in [-0.1, -0.05) is 37.3 Å². The van der Waals surface area contributed by atoms with Gasteiger partial charge in [0.05, 0.1) is 12.7 Å². The van der Waals surface area contributed by atoms with Gasteiger partial charge in [0.2, 0.25) is 5.78 Å². The van der Waals surface area contributed by atoms with Crippen molar-refractivity contribution in [2.45, 2.75) is 37.4 Å². The summed E-state index contributed by atoms with van der Waals surface area (Å²) in [5, 5.41) is 0. The predicted molar refractivity (Wildman–Crippen MR) is 99.0 cm³/mol. The van der Waals surface area contributed by atoms with Crippen LogP contribution in [0, 0.1) is 11.8 Å². The lowest BCUT2D eigenvalue weighted by Gasteiger charge is -2.44. The molecule has 0 aromatic heterocycles. The zero-order valence-corrected chi connectivity index (χ0v) is 15.6. The number of fused-ring (bicyclic) bond motifs is 1. The highest BCUT2D eigenvalue weighted by atomic mass is 16.6. The lowest BCUT2D eigenvalue weighted by atomic mass is 9.68. The van der Waals surface area contributed by atoms with Crippen molar-refractivity contribution >= 4 is 11.8 Å². The summed E-state index contributed by atoms with van der Waals surface area (Å²) >= 11 is 0. The maximum Gasteiger partial charge on any atom is 0.338 e. The lowest BCUT2D eigenvalue weighted by molar-refractivity contribution is -0.173. The number of methoxy groups -OCH3 is 1. The molecule has 1 spiro atoms. The molecule has 2 heterocycles. The van der Waals surface area contributed by atoms with Crippen molar-refractivity contribution in [3.05, 3.63) is 59.9 Å². The molecule has 1 saturated heterocycles. The van der Waals surface area contributed by atoms with E-state index in [4.69, 9.17) is 14.2 Å². The number of esters is 1. The van der Waals surface area contributed by atoms with E-state index in [0.717, 1.165) is 12.8 Å². The second-order valence-electron chi connectivity index (χ2n) is 7.52. The molecule has 142 valence electrons. The second kappa shape index (κ2) is 6.64. The molecule has 0 N–H and O–H groups in total. The van der Waals surface area contributed by atoms with Gasteiger partial charge in [-0.15, -0.1) is 0 Å². The molecule has 0 saturated carbocycles. The number of ketones is 1. The van der Waals surface area contributed by atoms with Crippen LogP contribution in [0.4, 0.5) is 0 Å². The van der Waals surface area contributed by atoms with E-state index >= 15 is 0 Å². The number of Topliss-reactive ketones (excluding diaryl/α,β-unsaturated/α-hetero) is 1. The van der Waals surface area contributed by atoms with Gasteiger partial charge in [0.25, 0.3) is 0 Å². The average molecular weight is 368 g/mol. The van der Waals surface area contributed by atoms with E-state index in [2.05, 4.69) is 19.1 Å². The fourth-order valence-electron chi connectivity index (χ4n) is 4.74. The van der Waals surface area contributed by atoms with Crippen LogP contribution >= 0.6 is 0 Å². The SMILES string of the molecule is CC[C@H]1CC=C[C@@H]2C[C@@]3(COC(=O)c4ccccc4)C=C(OC)C(=O)[C@@]12O3. The van der Waals surface area contributed by atoms with Gasteiger partial charge >= 0.3 is 5.97 Å². The van der Waals surface area contributed by atoms with E-state index in [1.54, 1.807) is 30.3 Å². The maximum atomic E-state index is 13.2. The molecule has 2 bridgehead atoms. The Morgan fingerprint density at radius 2 is 2.07 bits per heavy atom. The fourth-order valence-corrected chi connectivity index (χ4v) is 4.74. The highest BCUT2D eigenvalue weighted by molar-refractivity contribution is 6.03. The number of benzene rings is 1. The number of rotatable bonds is 5. The van der Waals surface area contributed by atoms with Crippen LogP contribution in [0.3, 0.4) is 0 Å². The quantitative estimate of drug-likeness (QED) is 0.588. The summed E-state index contributed by atoms with van der Waals surface area (Å²) in [4.78, 5) is 25.6. The first kappa shape index (κ1) is 18.0. The predicted octanol–water partition coefficient (Wildman–Crippen LogP) is 3.46. The summed E-state index contributed by atoms with van der Waals surface area (Å²) in [5.41, 5.74) is -1.26. The molecule has 1 aromatic rings. The van der Waals surface area contributed by atoms with Crippen molar-refractivity contribution < 1.29 is 23.8 Å². The van der Waals surface area contributed by atoms with Crippen LogP contribution in [-0.4, -0.2) is 36.7 Å². The number of carbonyl (C=O) groups excluding carboxylic acids is 2. The normalized spacial score (nSPS) is 34.0.